The summed E-state index contributed by atoms with van der Waals surface area (Å²) in [6.07, 6.45) is 0. The minimum Gasteiger partial charge on any atom is -0.321 e. The number of thiophene rings is 1. The molecule has 2 aromatic carbocycles. The van der Waals surface area contributed by atoms with Gasteiger partial charge in [-0.1, -0.05) is 18.2 Å². The van der Waals surface area contributed by atoms with E-state index >= 15 is 0 Å². The Morgan fingerprint density at radius 1 is 1.00 bits per heavy atom. The van der Waals surface area contributed by atoms with Gasteiger partial charge in [0.25, 0.3) is 17.5 Å². The first-order valence-electron chi connectivity index (χ1n) is 8.48. The van der Waals surface area contributed by atoms with E-state index in [1.165, 1.54) is 35.6 Å². The monoisotopic (exact) mass is 408 g/mol. The standard InChI is InChI=1S/C20H16N4O4S/c1-13(22-23-19(25)14-7-9-17(10-8-14)24(27)28)15-4-2-5-16(12-15)21-20(26)18-6-3-11-29-18/h2-12H,1H3,(H,21,26)(H,23,25). The van der Waals surface area contributed by atoms with E-state index in [2.05, 4.69) is 15.8 Å². The third kappa shape index (κ3) is 5.11. The van der Waals surface area contributed by atoms with Crippen LogP contribution in [-0.2, 0) is 0 Å². The molecule has 0 unspecified atom stereocenters. The number of hydrogen-bond acceptors (Lipinski definition) is 6. The molecule has 8 nitrogen and oxygen atoms in total. The molecule has 0 saturated heterocycles. The maximum Gasteiger partial charge on any atom is 0.271 e. The fraction of sp³-hybridized carbons (Fsp3) is 0.0500. The largest absolute Gasteiger partial charge is 0.321 e. The zero-order valence-corrected chi connectivity index (χ0v) is 16.1. The van der Waals surface area contributed by atoms with Gasteiger partial charge in [-0.2, -0.15) is 5.10 Å². The van der Waals surface area contributed by atoms with Crippen molar-refractivity contribution in [2.45, 2.75) is 6.92 Å². The molecular weight excluding hydrogens is 392 g/mol. The van der Waals surface area contributed by atoms with E-state index in [0.717, 1.165) is 5.56 Å². The molecule has 0 bridgehead atoms. The topological polar surface area (TPSA) is 114 Å². The smallest absolute Gasteiger partial charge is 0.271 e. The van der Waals surface area contributed by atoms with E-state index < -0.39 is 10.8 Å². The summed E-state index contributed by atoms with van der Waals surface area (Å²) in [6.45, 7) is 1.72. The van der Waals surface area contributed by atoms with Crippen molar-refractivity contribution in [1.82, 2.24) is 5.43 Å². The number of benzene rings is 2. The normalized spacial score (nSPS) is 11.0. The Kier molecular flexibility index (Phi) is 6.10. The van der Waals surface area contributed by atoms with Gasteiger partial charge in [-0.05, 0) is 48.2 Å². The second-order valence-electron chi connectivity index (χ2n) is 5.95. The van der Waals surface area contributed by atoms with Crippen molar-refractivity contribution in [2.75, 3.05) is 5.32 Å². The van der Waals surface area contributed by atoms with Gasteiger partial charge in [0, 0.05) is 23.4 Å². The molecule has 0 saturated carbocycles. The molecule has 0 radical (unpaired) electrons. The lowest BCUT2D eigenvalue weighted by atomic mass is 10.1. The molecule has 0 aliphatic heterocycles. The highest BCUT2D eigenvalue weighted by atomic mass is 32.1. The van der Waals surface area contributed by atoms with Crippen LogP contribution >= 0.6 is 11.3 Å². The Labute approximate surface area is 170 Å². The van der Waals surface area contributed by atoms with Gasteiger partial charge in [-0.15, -0.1) is 11.3 Å². The van der Waals surface area contributed by atoms with Crippen LogP contribution in [0.5, 0.6) is 0 Å². The number of amides is 2. The number of nitro groups is 1. The van der Waals surface area contributed by atoms with Gasteiger partial charge < -0.3 is 5.32 Å². The van der Waals surface area contributed by atoms with Gasteiger partial charge in [0.1, 0.15) is 0 Å². The highest BCUT2D eigenvalue weighted by Crippen LogP contribution is 2.16. The molecule has 9 heteroatoms. The second kappa shape index (κ2) is 8.89. The van der Waals surface area contributed by atoms with Crippen LogP contribution in [0.4, 0.5) is 11.4 Å². The lowest BCUT2D eigenvalue weighted by Crippen LogP contribution is -2.19. The third-order valence-electron chi connectivity index (χ3n) is 3.95. The number of hydrazone groups is 1. The summed E-state index contributed by atoms with van der Waals surface area (Å²) in [5.74, 6) is -0.681. The minimum absolute atomic E-state index is 0.0948. The van der Waals surface area contributed by atoms with Crippen LogP contribution < -0.4 is 10.7 Å². The molecule has 29 heavy (non-hydrogen) atoms. The number of nitrogens with one attached hydrogen (secondary N) is 2. The van der Waals surface area contributed by atoms with Crippen molar-refractivity contribution in [3.8, 4) is 0 Å². The van der Waals surface area contributed by atoms with Crippen LogP contribution in [-0.4, -0.2) is 22.4 Å². The van der Waals surface area contributed by atoms with E-state index in [-0.39, 0.29) is 17.2 Å². The lowest BCUT2D eigenvalue weighted by molar-refractivity contribution is -0.384. The molecule has 1 heterocycles. The Hall–Kier alpha value is -3.85. The Balaban J connectivity index is 1.67. The van der Waals surface area contributed by atoms with E-state index in [4.69, 9.17) is 0 Å². The average Bonchev–Trinajstić information content (AvgIpc) is 3.27. The van der Waals surface area contributed by atoms with Crippen LogP contribution in [0.15, 0.2) is 71.1 Å². The predicted octanol–water partition coefficient (Wildman–Crippen LogP) is 4.06. The Morgan fingerprint density at radius 2 is 1.76 bits per heavy atom. The fourth-order valence-corrected chi connectivity index (χ4v) is 3.04. The summed E-state index contributed by atoms with van der Waals surface area (Å²) >= 11 is 1.35. The van der Waals surface area contributed by atoms with Crippen molar-refractivity contribution in [2.24, 2.45) is 5.10 Å². The number of nitrogens with zero attached hydrogens (tertiary/aromatic N) is 2. The zero-order valence-electron chi connectivity index (χ0n) is 15.3. The van der Waals surface area contributed by atoms with E-state index in [0.29, 0.717) is 16.3 Å². The SMILES string of the molecule is CC(=NNC(=O)c1ccc([N+](=O)[O-])cc1)c1cccc(NC(=O)c2cccs2)c1. The highest BCUT2D eigenvalue weighted by molar-refractivity contribution is 7.12. The van der Waals surface area contributed by atoms with Crippen LogP contribution in [0.25, 0.3) is 0 Å². The molecule has 3 rings (SSSR count). The maximum atomic E-state index is 12.2. The number of non-ortho nitro benzene ring substituents is 1. The number of rotatable bonds is 6. The number of carbonyl (C=O) groups excluding carboxylic acids is 2. The number of carbonyl (C=O) groups is 2. The molecule has 0 aliphatic rings. The fourth-order valence-electron chi connectivity index (χ4n) is 2.42. The van der Waals surface area contributed by atoms with E-state index in [9.17, 15) is 19.7 Å². The van der Waals surface area contributed by atoms with Gasteiger partial charge in [-0.3, -0.25) is 19.7 Å². The quantitative estimate of drug-likeness (QED) is 0.364. The Morgan fingerprint density at radius 3 is 2.41 bits per heavy atom. The van der Waals surface area contributed by atoms with E-state index in [1.807, 2.05) is 5.38 Å². The third-order valence-corrected chi connectivity index (χ3v) is 4.82. The van der Waals surface area contributed by atoms with E-state index in [1.54, 1.807) is 43.3 Å². The number of nitro benzene ring substituents is 1. The van der Waals surface area contributed by atoms with Crippen LogP contribution in [0.1, 0.15) is 32.5 Å². The van der Waals surface area contributed by atoms with Crippen molar-refractivity contribution in [3.63, 3.8) is 0 Å². The first-order chi connectivity index (χ1) is 13.9. The van der Waals surface area contributed by atoms with Gasteiger partial charge >= 0.3 is 0 Å². The highest BCUT2D eigenvalue weighted by Gasteiger charge is 2.10. The molecule has 2 amide bonds. The zero-order chi connectivity index (χ0) is 20.8. The average molecular weight is 408 g/mol. The number of anilines is 1. The molecule has 3 aromatic rings. The molecule has 0 aliphatic carbocycles. The van der Waals surface area contributed by atoms with Crippen molar-refractivity contribution in [1.29, 1.82) is 0 Å². The molecule has 0 atom stereocenters. The number of hydrogen-bond donors (Lipinski definition) is 2. The van der Waals surface area contributed by atoms with Crippen LogP contribution in [0, 0.1) is 10.1 Å². The van der Waals surface area contributed by atoms with Gasteiger partial charge in [-0.25, -0.2) is 5.43 Å². The molecule has 1 aromatic heterocycles. The van der Waals surface area contributed by atoms with Crippen molar-refractivity contribution >= 4 is 40.2 Å². The molecule has 0 fully saturated rings. The molecule has 0 spiro atoms. The maximum absolute atomic E-state index is 12.2. The first kappa shape index (κ1) is 19.9. The summed E-state index contributed by atoms with van der Waals surface area (Å²) in [5, 5.41) is 19.4. The van der Waals surface area contributed by atoms with Crippen molar-refractivity contribution in [3.05, 3.63) is 92.2 Å². The summed E-state index contributed by atoms with van der Waals surface area (Å²) in [7, 11) is 0. The first-order valence-corrected chi connectivity index (χ1v) is 9.36. The summed E-state index contributed by atoms with van der Waals surface area (Å²) in [4.78, 5) is 35.1. The van der Waals surface area contributed by atoms with Crippen molar-refractivity contribution < 1.29 is 14.5 Å². The second-order valence-corrected chi connectivity index (χ2v) is 6.90. The molecular formula is C20H16N4O4S. The summed E-state index contributed by atoms with van der Waals surface area (Å²) in [5.41, 5.74) is 4.44. The van der Waals surface area contributed by atoms with Crippen LogP contribution in [0.2, 0.25) is 0 Å². The van der Waals surface area contributed by atoms with Gasteiger partial charge in [0.2, 0.25) is 0 Å². The van der Waals surface area contributed by atoms with Gasteiger partial charge in [0.05, 0.1) is 15.5 Å². The lowest BCUT2D eigenvalue weighted by Gasteiger charge is -2.07. The molecule has 2 N–H and O–H groups in total. The molecule has 146 valence electrons. The summed E-state index contributed by atoms with van der Waals surface area (Å²) < 4.78 is 0. The summed E-state index contributed by atoms with van der Waals surface area (Å²) in [6, 6.07) is 15.9. The van der Waals surface area contributed by atoms with Crippen LogP contribution in [0.3, 0.4) is 0 Å². The minimum atomic E-state index is -0.534. The Bertz CT molecular complexity index is 1080. The predicted molar refractivity (Wildman–Crippen MR) is 111 cm³/mol. The van der Waals surface area contributed by atoms with Gasteiger partial charge in [0.15, 0.2) is 0 Å².